The van der Waals surface area contributed by atoms with Crippen LogP contribution < -0.4 is 10.1 Å². The number of hydrogen-bond acceptors (Lipinski definition) is 4. The maximum absolute atomic E-state index is 13.0. The van der Waals surface area contributed by atoms with Crippen molar-refractivity contribution >= 4 is 17.2 Å². The summed E-state index contributed by atoms with van der Waals surface area (Å²) in [7, 11) is 0. The number of carbonyl (C=O) groups excluding carboxylic acids is 1. The van der Waals surface area contributed by atoms with Gasteiger partial charge < -0.3 is 10.1 Å². The average molecular weight is 404 g/mol. The lowest BCUT2D eigenvalue weighted by Gasteiger charge is -2.09. The molecule has 0 unspecified atom stereocenters. The Hall–Kier alpha value is -3.51. The van der Waals surface area contributed by atoms with E-state index in [1.807, 2.05) is 29.0 Å². The first kappa shape index (κ1) is 18.8. The Morgan fingerprint density at radius 2 is 1.90 bits per heavy atom. The topological polar surface area (TPSA) is 51.2 Å². The number of halogens is 1. The number of hydrogen-bond donors (Lipinski definition) is 1. The minimum absolute atomic E-state index is 0.205. The first-order valence-corrected chi connectivity index (χ1v) is 9.91. The molecular weight excluding hydrogens is 387 g/mol. The summed E-state index contributed by atoms with van der Waals surface area (Å²) in [6.45, 7) is 0.390. The highest BCUT2D eigenvalue weighted by atomic mass is 32.1. The van der Waals surface area contributed by atoms with Crippen LogP contribution in [0.2, 0.25) is 0 Å². The van der Waals surface area contributed by atoms with E-state index in [0.717, 1.165) is 16.8 Å². The van der Waals surface area contributed by atoms with Gasteiger partial charge in [-0.2, -0.15) is 11.3 Å². The van der Waals surface area contributed by atoms with Gasteiger partial charge in [0.2, 0.25) is 0 Å². The normalized spacial score (nSPS) is 10.5. The van der Waals surface area contributed by atoms with Gasteiger partial charge in [-0.05, 0) is 71.6 Å². The third kappa shape index (κ3) is 4.86. The van der Waals surface area contributed by atoms with E-state index in [0.29, 0.717) is 23.6 Å². The lowest BCUT2D eigenvalue weighted by molar-refractivity contribution is 0.0950. The number of aromatic nitrogens is 1. The molecule has 0 aliphatic rings. The van der Waals surface area contributed by atoms with E-state index in [2.05, 4.69) is 10.3 Å². The smallest absolute Gasteiger partial charge is 0.251 e. The first-order valence-electron chi connectivity index (χ1n) is 8.96. The number of nitrogens with one attached hydrogen (secondary N) is 1. The number of carbonyl (C=O) groups is 1. The van der Waals surface area contributed by atoms with Gasteiger partial charge in [0, 0.05) is 29.2 Å². The summed E-state index contributed by atoms with van der Waals surface area (Å²) in [5.74, 6) is 0.474. The molecule has 0 fully saturated rings. The van der Waals surface area contributed by atoms with Crippen molar-refractivity contribution in [1.82, 2.24) is 10.3 Å². The van der Waals surface area contributed by atoms with Crippen molar-refractivity contribution in [3.63, 3.8) is 0 Å². The molecule has 0 aliphatic carbocycles. The summed E-state index contributed by atoms with van der Waals surface area (Å²) in [5, 5.41) is 6.96. The van der Waals surface area contributed by atoms with Crippen LogP contribution in [-0.2, 0) is 6.54 Å². The number of ether oxygens (including phenoxy) is 1. The van der Waals surface area contributed by atoms with Crippen LogP contribution in [0, 0.1) is 5.82 Å². The maximum Gasteiger partial charge on any atom is 0.251 e. The van der Waals surface area contributed by atoms with Gasteiger partial charge in [0.05, 0.1) is 5.69 Å². The van der Waals surface area contributed by atoms with Crippen molar-refractivity contribution < 1.29 is 13.9 Å². The zero-order chi connectivity index (χ0) is 20.1. The highest BCUT2D eigenvalue weighted by molar-refractivity contribution is 7.08. The molecule has 2 aromatic heterocycles. The van der Waals surface area contributed by atoms with E-state index in [1.54, 1.807) is 41.8 Å². The Morgan fingerprint density at radius 3 is 2.69 bits per heavy atom. The zero-order valence-corrected chi connectivity index (χ0v) is 16.2. The summed E-state index contributed by atoms with van der Waals surface area (Å²) in [4.78, 5) is 16.9. The van der Waals surface area contributed by atoms with Crippen molar-refractivity contribution in [2.45, 2.75) is 6.54 Å². The monoisotopic (exact) mass is 404 g/mol. The number of nitrogens with zero attached hydrogens (tertiary/aromatic N) is 1. The molecule has 144 valence electrons. The molecule has 4 nitrogen and oxygen atoms in total. The lowest BCUT2D eigenvalue weighted by Crippen LogP contribution is -2.22. The van der Waals surface area contributed by atoms with Gasteiger partial charge >= 0.3 is 0 Å². The number of pyridine rings is 1. The van der Waals surface area contributed by atoms with Crippen LogP contribution in [-0.4, -0.2) is 10.9 Å². The Labute approximate surface area is 171 Å². The van der Waals surface area contributed by atoms with E-state index in [9.17, 15) is 9.18 Å². The van der Waals surface area contributed by atoms with E-state index >= 15 is 0 Å². The van der Waals surface area contributed by atoms with Crippen LogP contribution in [0.3, 0.4) is 0 Å². The fraction of sp³-hybridized carbons (Fsp3) is 0.0435. The molecule has 2 heterocycles. The molecule has 4 rings (SSSR count). The Balaban J connectivity index is 1.41. The maximum atomic E-state index is 13.0. The van der Waals surface area contributed by atoms with E-state index < -0.39 is 0 Å². The first-order chi connectivity index (χ1) is 14.2. The molecule has 0 atom stereocenters. The molecule has 29 heavy (non-hydrogen) atoms. The molecule has 1 N–H and O–H groups in total. The van der Waals surface area contributed by atoms with Crippen molar-refractivity contribution in [3.05, 3.63) is 101 Å². The molecule has 1 amide bonds. The van der Waals surface area contributed by atoms with E-state index in [4.69, 9.17) is 4.74 Å². The van der Waals surface area contributed by atoms with Gasteiger partial charge in [-0.3, -0.25) is 9.78 Å². The fourth-order valence-electron chi connectivity index (χ4n) is 2.78. The van der Waals surface area contributed by atoms with Crippen LogP contribution in [0.4, 0.5) is 4.39 Å². The van der Waals surface area contributed by atoms with Crippen molar-refractivity contribution in [3.8, 4) is 22.8 Å². The van der Waals surface area contributed by atoms with Gasteiger partial charge in [0.15, 0.2) is 0 Å². The Morgan fingerprint density at radius 1 is 1.03 bits per heavy atom. The van der Waals surface area contributed by atoms with Gasteiger partial charge in [0.25, 0.3) is 5.91 Å². The third-order valence-corrected chi connectivity index (χ3v) is 4.92. The lowest BCUT2D eigenvalue weighted by atomic mass is 10.1. The Kier molecular flexibility index (Phi) is 5.63. The third-order valence-electron chi connectivity index (χ3n) is 4.24. The predicted octanol–water partition coefficient (Wildman–Crippen LogP) is 5.67. The van der Waals surface area contributed by atoms with Crippen LogP contribution >= 0.6 is 11.3 Å². The van der Waals surface area contributed by atoms with Gasteiger partial charge in [-0.25, -0.2) is 4.39 Å². The summed E-state index contributed by atoms with van der Waals surface area (Å²) in [6.07, 6.45) is 1.74. The minimum atomic E-state index is -0.330. The van der Waals surface area contributed by atoms with E-state index in [1.165, 1.54) is 24.3 Å². The number of rotatable bonds is 6. The van der Waals surface area contributed by atoms with Crippen LogP contribution in [0.25, 0.3) is 11.3 Å². The van der Waals surface area contributed by atoms with Gasteiger partial charge in [0.1, 0.15) is 17.3 Å². The minimum Gasteiger partial charge on any atom is -0.457 e. The second kappa shape index (κ2) is 8.67. The fourth-order valence-corrected chi connectivity index (χ4v) is 3.43. The van der Waals surface area contributed by atoms with Crippen LogP contribution in [0.1, 0.15) is 15.9 Å². The zero-order valence-electron chi connectivity index (χ0n) is 15.3. The standard InChI is InChI=1S/C23H17FN2O2S/c24-19-4-6-20(7-5-19)28-21-3-1-2-17(13-21)23(27)26-14-16-8-10-25-22(12-16)18-9-11-29-15-18/h1-13,15H,14H2,(H,26,27). The summed E-state index contributed by atoms with van der Waals surface area (Å²) >= 11 is 1.62. The second-order valence-corrected chi connectivity index (χ2v) is 7.11. The van der Waals surface area contributed by atoms with Crippen molar-refractivity contribution in [2.24, 2.45) is 0 Å². The van der Waals surface area contributed by atoms with Gasteiger partial charge in [-0.15, -0.1) is 0 Å². The summed E-state index contributed by atoms with van der Waals surface area (Å²) < 4.78 is 18.7. The molecule has 0 radical (unpaired) electrons. The molecule has 4 aromatic rings. The molecule has 0 spiro atoms. The molecule has 0 saturated heterocycles. The SMILES string of the molecule is O=C(NCc1ccnc(-c2ccsc2)c1)c1cccc(Oc2ccc(F)cc2)c1. The van der Waals surface area contributed by atoms with Crippen LogP contribution in [0.5, 0.6) is 11.5 Å². The van der Waals surface area contributed by atoms with Crippen molar-refractivity contribution in [1.29, 1.82) is 0 Å². The second-order valence-electron chi connectivity index (χ2n) is 6.33. The summed E-state index contributed by atoms with van der Waals surface area (Å²) in [6, 6.07) is 18.5. The van der Waals surface area contributed by atoms with Crippen LogP contribution in [0.15, 0.2) is 83.7 Å². The predicted molar refractivity (Wildman–Crippen MR) is 112 cm³/mol. The quantitative estimate of drug-likeness (QED) is 0.450. The Bertz CT molecular complexity index is 1110. The molecule has 0 bridgehead atoms. The number of amides is 1. The highest BCUT2D eigenvalue weighted by Gasteiger charge is 2.08. The molecule has 6 heteroatoms. The van der Waals surface area contributed by atoms with Crippen molar-refractivity contribution in [2.75, 3.05) is 0 Å². The molecule has 0 saturated carbocycles. The number of thiophene rings is 1. The molecule has 2 aromatic carbocycles. The number of benzene rings is 2. The highest BCUT2D eigenvalue weighted by Crippen LogP contribution is 2.23. The summed E-state index contributed by atoms with van der Waals surface area (Å²) in [5.41, 5.74) is 3.39. The van der Waals surface area contributed by atoms with E-state index in [-0.39, 0.29) is 11.7 Å². The molecular formula is C23H17FN2O2S. The largest absolute Gasteiger partial charge is 0.457 e. The van der Waals surface area contributed by atoms with Gasteiger partial charge in [-0.1, -0.05) is 6.07 Å². The average Bonchev–Trinajstić information content (AvgIpc) is 3.29. The molecule has 0 aliphatic heterocycles.